The molecule has 0 aliphatic carbocycles. The van der Waals surface area contributed by atoms with E-state index in [4.69, 9.17) is 14.2 Å². The summed E-state index contributed by atoms with van der Waals surface area (Å²) in [6.07, 6.45) is 1.53. The average Bonchev–Trinajstić information content (AvgIpc) is 3.37. The van der Waals surface area contributed by atoms with Crippen molar-refractivity contribution in [2.24, 2.45) is 0 Å². The van der Waals surface area contributed by atoms with Gasteiger partial charge in [-0.05, 0) is 19.1 Å². The summed E-state index contributed by atoms with van der Waals surface area (Å²) < 4.78 is 70.8. The number of alkyl halides is 2. The van der Waals surface area contributed by atoms with Crippen LogP contribution in [0.2, 0.25) is 0 Å². The molecule has 0 aliphatic heterocycles. The largest absolute Gasteiger partial charge is 0.497 e. The number of hydrogen-bond donors (Lipinski definition) is 2. The van der Waals surface area contributed by atoms with E-state index < -0.39 is 21.5 Å². The molecule has 0 amide bonds. The third-order valence-electron chi connectivity index (χ3n) is 4.92. The van der Waals surface area contributed by atoms with Gasteiger partial charge in [-0.1, -0.05) is 12.1 Å². The molecule has 4 aromatic rings. The average molecular weight is 521 g/mol. The Morgan fingerprint density at radius 3 is 2.33 bits per heavy atom. The first-order valence-corrected chi connectivity index (χ1v) is 12.0. The summed E-state index contributed by atoms with van der Waals surface area (Å²) in [4.78, 5) is 8.44. The molecule has 0 radical (unpaired) electrons. The SMILES string of the molecule is CCOc1c(Nc2nc3ccccc3nc2NS(=O)(=O)c2cnn(C(F)F)c2)cc(OC)cc1OC. The third-order valence-corrected chi connectivity index (χ3v) is 6.21. The highest BCUT2D eigenvalue weighted by atomic mass is 32.2. The van der Waals surface area contributed by atoms with Crippen LogP contribution in [0.15, 0.2) is 53.7 Å². The lowest BCUT2D eigenvalue weighted by Gasteiger charge is -2.18. The number of benzene rings is 2. The molecule has 0 fully saturated rings. The van der Waals surface area contributed by atoms with Gasteiger partial charge in [0, 0.05) is 12.1 Å². The quantitative estimate of drug-likeness (QED) is 0.316. The highest BCUT2D eigenvalue weighted by Gasteiger charge is 2.23. The molecule has 2 aromatic heterocycles. The van der Waals surface area contributed by atoms with Crippen molar-refractivity contribution in [1.29, 1.82) is 0 Å². The number of ether oxygens (including phenoxy) is 3. The Hall–Kier alpha value is -4.20. The molecule has 0 saturated carbocycles. The number of methoxy groups -OCH3 is 2. The van der Waals surface area contributed by atoms with Crippen LogP contribution >= 0.6 is 0 Å². The van der Waals surface area contributed by atoms with Crippen molar-refractivity contribution < 1.29 is 31.4 Å². The van der Waals surface area contributed by atoms with E-state index in [0.29, 0.717) is 46.8 Å². The van der Waals surface area contributed by atoms with Gasteiger partial charge in [-0.3, -0.25) is 4.72 Å². The first-order valence-electron chi connectivity index (χ1n) is 10.5. The third kappa shape index (κ3) is 5.07. The van der Waals surface area contributed by atoms with Crippen LogP contribution < -0.4 is 24.2 Å². The number of nitrogens with one attached hydrogen (secondary N) is 2. The maximum atomic E-state index is 13.0. The van der Waals surface area contributed by atoms with Gasteiger partial charge in [-0.2, -0.15) is 13.9 Å². The van der Waals surface area contributed by atoms with Crippen LogP contribution in [0.5, 0.6) is 17.2 Å². The lowest BCUT2D eigenvalue weighted by atomic mass is 10.2. The normalized spacial score (nSPS) is 11.5. The van der Waals surface area contributed by atoms with E-state index >= 15 is 0 Å². The molecule has 0 aliphatic rings. The van der Waals surface area contributed by atoms with E-state index in [0.717, 1.165) is 6.20 Å². The Balaban J connectivity index is 1.82. The van der Waals surface area contributed by atoms with E-state index in [1.165, 1.54) is 14.2 Å². The summed E-state index contributed by atoms with van der Waals surface area (Å²) in [5.41, 5.74) is 1.24. The van der Waals surface area contributed by atoms with Crippen LogP contribution in [0.4, 0.5) is 26.1 Å². The second-order valence-corrected chi connectivity index (χ2v) is 8.90. The first-order chi connectivity index (χ1) is 17.2. The Morgan fingerprint density at radius 1 is 1.06 bits per heavy atom. The lowest BCUT2D eigenvalue weighted by molar-refractivity contribution is 0.0564. The van der Waals surface area contributed by atoms with Gasteiger partial charge in [0.2, 0.25) is 0 Å². The number of anilines is 3. The number of halogens is 2. The number of nitrogens with zero attached hydrogens (tertiary/aromatic N) is 4. The Labute approximate surface area is 205 Å². The van der Waals surface area contributed by atoms with Gasteiger partial charge in [0.15, 0.2) is 23.1 Å². The van der Waals surface area contributed by atoms with Crippen LogP contribution in [0.1, 0.15) is 13.5 Å². The zero-order valence-electron chi connectivity index (χ0n) is 19.4. The van der Waals surface area contributed by atoms with Gasteiger partial charge < -0.3 is 19.5 Å². The second-order valence-electron chi connectivity index (χ2n) is 7.21. The van der Waals surface area contributed by atoms with Gasteiger partial charge in [-0.15, -0.1) is 0 Å². The molecule has 4 rings (SSSR count). The molecule has 36 heavy (non-hydrogen) atoms. The van der Waals surface area contributed by atoms with Crippen LogP contribution in [-0.2, 0) is 10.0 Å². The fraction of sp³-hybridized carbons (Fsp3) is 0.227. The smallest absolute Gasteiger partial charge is 0.333 e. The van der Waals surface area contributed by atoms with Gasteiger partial charge in [0.1, 0.15) is 10.6 Å². The fourth-order valence-corrected chi connectivity index (χ4v) is 4.22. The highest BCUT2D eigenvalue weighted by molar-refractivity contribution is 7.92. The molecule has 2 aromatic carbocycles. The Bertz CT molecular complexity index is 1500. The van der Waals surface area contributed by atoms with Crippen molar-refractivity contribution in [3.05, 3.63) is 48.8 Å². The number of hydrogen-bond acceptors (Lipinski definition) is 9. The fourth-order valence-electron chi connectivity index (χ4n) is 3.27. The van der Waals surface area contributed by atoms with E-state index in [-0.39, 0.29) is 16.3 Å². The number of para-hydroxylation sites is 2. The van der Waals surface area contributed by atoms with Crippen LogP contribution in [0, 0.1) is 0 Å². The van der Waals surface area contributed by atoms with Crippen LogP contribution in [-0.4, -0.2) is 49.0 Å². The first kappa shape index (κ1) is 24.9. The van der Waals surface area contributed by atoms with Crippen LogP contribution in [0.25, 0.3) is 11.0 Å². The zero-order valence-corrected chi connectivity index (χ0v) is 20.2. The maximum absolute atomic E-state index is 13.0. The standard InChI is InChI=1S/C22H22F2N6O5S/c1-4-35-19-17(9-13(33-2)10-18(19)34-3)28-20-21(27-16-8-6-5-7-15(16)26-20)29-36(31,32)14-11-25-30(12-14)22(23)24/h5-12,22H,4H2,1-3H3,(H,26,28)(H,27,29). The molecule has 2 heterocycles. The minimum atomic E-state index is -4.35. The molecule has 0 bridgehead atoms. The van der Waals surface area contributed by atoms with Crippen LogP contribution in [0.3, 0.4) is 0 Å². The second kappa shape index (κ2) is 10.2. The van der Waals surface area contributed by atoms with Gasteiger partial charge in [-0.25, -0.2) is 23.1 Å². The highest BCUT2D eigenvalue weighted by Crippen LogP contribution is 2.41. The molecular formula is C22H22F2N6O5S. The number of sulfonamides is 1. The zero-order chi connectivity index (χ0) is 25.9. The molecule has 0 saturated heterocycles. The van der Waals surface area contributed by atoms with E-state index in [1.54, 1.807) is 43.3 Å². The predicted molar refractivity (Wildman–Crippen MR) is 128 cm³/mol. The maximum Gasteiger partial charge on any atom is 0.333 e. The number of fused-ring (bicyclic) bond motifs is 1. The minimum absolute atomic E-state index is 0.0229. The van der Waals surface area contributed by atoms with Crippen molar-refractivity contribution in [1.82, 2.24) is 19.7 Å². The summed E-state index contributed by atoms with van der Waals surface area (Å²) in [6.45, 7) is -0.886. The summed E-state index contributed by atoms with van der Waals surface area (Å²) >= 11 is 0. The number of aromatic nitrogens is 4. The van der Waals surface area contributed by atoms with Gasteiger partial charge in [0.25, 0.3) is 10.0 Å². The molecule has 0 spiro atoms. The summed E-state index contributed by atoms with van der Waals surface area (Å²) in [5, 5.41) is 6.42. The Kier molecular flexibility index (Phi) is 7.05. The molecule has 2 N–H and O–H groups in total. The summed E-state index contributed by atoms with van der Waals surface area (Å²) in [7, 11) is -1.40. The molecule has 11 nitrogen and oxygen atoms in total. The summed E-state index contributed by atoms with van der Waals surface area (Å²) in [5.74, 6) is 0.988. The lowest BCUT2D eigenvalue weighted by Crippen LogP contribution is -2.16. The van der Waals surface area contributed by atoms with Crippen molar-refractivity contribution in [2.75, 3.05) is 30.9 Å². The van der Waals surface area contributed by atoms with Crippen molar-refractivity contribution >= 4 is 38.4 Å². The van der Waals surface area contributed by atoms with E-state index in [2.05, 4.69) is 25.1 Å². The monoisotopic (exact) mass is 520 g/mol. The summed E-state index contributed by atoms with van der Waals surface area (Å²) in [6, 6.07) is 10.1. The molecule has 190 valence electrons. The molecule has 0 unspecified atom stereocenters. The van der Waals surface area contributed by atoms with E-state index in [1.807, 2.05) is 0 Å². The van der Waals surface area contributed by atoms with Crippen molar-refractivity contribution in [3.8, 4) is 17.2 Å². The predicted octanol–water partition coefficient (Wildman–Crippen LogP) is 4.18. The number of rotatable bonds is 10. The minimum Gasteiger partial charge on any atom is -0.497 e. The molecule has 14 heteroatoms. The van der Waals surface area contributed by atoms with Crippen molar-refractivity contribution in [3.63, 3.8) is 0 Å². The molecule has 0 atom stereocenters. The van der Waals surface area contributed by atoms with Crippen molar-refractivity contribution in [2.45, 2.75) is 18.4 Å². The van der Waals surface area contributed by atoms with Gasteiger partial charge >= 0.3 is 6.55 Å². The van der Waals surface area contributed by atoms with E-state index in [9.17, 15) is 17.2 Å². The Morgan fingerprint density at radius 2 is 1.75 bits per heavy atom. The topological polar surface area (TPSA) is 129 Å². The molecular weight excluding hydrogens is 498 g/mol. The van der Waals surface area contributed by atoms with Gasteiger partial charge in [0.05, 0.1) is 49.9 Å².